The van der Waals surface area contributed by atoms with Gasteiger partial charge in [-0.25, -0.2) is 14.8 Å². The van der Waals surface area contributed by atoms with Gasteiger partial charge in [0.2, 0.25) is 0 Å². The third-order valence-electron chi connectivity index (χ3n) is 2.81. The Morgan fingerprint density at radius 1 is 1.30 bits per heavy atom. The Balaban J connectivity index is 2.86. The van der Waals surface area contributed by atoms with Crippen LogP contribution in [0.2, 0.25) is 0 Å². The summed E-state index contributed by atoms with van der Waals surface area (Å²) in [6.45, 7) is 8.50. The first-order chi connectivity index (χ1) is 10.5. The van der Waals surface area contributed by atoms with E-state index in [0.717, 1.165) is 4.90 Å². The van der Waals surface area contributed by atoms with Crippen molar-refractivity contribution in [2.45, 2.75) is 46.1 Å². The third kappa shape index (κ3) is 5.66. The van der Waals surface area contributed by atoms with E-state index in [1.807, 2.05) is 6.07 Å². The number of nitrogens with zero attached hydrogens (tertiary/aromatic N) is 4. The van der Waals surface area contributed by atoms with Gasteiger partial charge in [0.15, 0.2) is 17.5 Å². The molecule has 0 saturated heterocycles. The second-order valence-corrected chi connectivity index (χ2v) is 6.37. The molecule has 7 nitrogen and oxygen atoms in total. The zero-order valence-corrected chi connectivity index (χ0v) is 14.4. The van der Waals surface area contributed by atoms with Gasteiger partial charge in [0.05, 0.1) is 12.6 Å². The molecule has 0 aliphatic rings. The van der Waals surface area contributed by atoms with Gasteiger partial charge in [0.1, 0.15) is 5.60 Å². The molecular formula is C16H22N4O3. The van der Waals surface area contributed by atoms with E-state index in [1.54, 1.807) is 40.7 Å². The molecule has 0 fully saturated rings. The average Bonchev–Trinajstić information content (AvgIpc) is 2.36. The quantitative estimate of drug-likeness (QED) is 0.843. The van der Waals surface area contributed by atoms with Crippen LogP contribution in [0.5, 0.6) is 0 Å². The minimum atomic E-state index is -1.11. The van der Waals surface area contributed by atoms with Gasteiger partial charge < -0.3 is 9.64 Å². The summed E-state index contributed by atoms with van der Waals surface area (Å²) in [5.41, 5.74) is 0.710. The van der Waals surface area contributed by atoms with Crippen LogP contribution in [0, 0.1) is 25.2 Å². The molecule has 0 aromatic carbocycles. The van der Waals surface area contributed by atoms with Gasteiger partial charge in [0, 0.05) is 18.4 Å². The normalized spacial score (nSPS) is 12.2. The van der Waals surface area contributed by atoms with Crippen molar-refractivity contribution in [3.63, 3.8) is 0 Å². The molecule has 1 atom stereocenters. The maximum Gasteiger partial charge on any atom is 0.410 e. The van der Waals surface area contributed by atoms with Crippen molar-refractivity contribution in [1.82, 2.24) is 14.9 Å². The molecule has 1 aromatic heterocycles. The predicted molar refractivity (Wildman–Crippen MR) is 83.7 cm³/mol. The molecular weight excluding hydrogens is 296 g/mol. The van der Waals surface area contributed by atoms with E-state index in [-0.39, 0.29) is 12.4 Å². The molecule has 1 rings (SSSR count). The number of hydrogen-bond acceptors (Lipinski definition) is 6. The summed E-state index contributed by atoms with van der Waals surface area (Å²) in [6.07, 6.45) is -0.621. The molecule has 0 aliphatic heterocycles. The van der Waals surface area contributed by atoms with Crippen molar-refractivity contribution < 1.29 is 14.3 Å². The summed E-state index contributed by atoms with van der Waals surface area (Å²) in [7, 11) is 1.45. The highest BCUT2D eigenvalue weighted by molar-refractivity contribution is 5.91. The first-order valence-electron chi connectivity index (χ1n) is 7.22. The number of carbonyl (C=O) groups is 2. The zero-order valence-electron chi connectivity index (χ0n) is 14.4. The van der Waals surface area contributed by atoms with Crippen LogP contribution in [-0.2, 0) is 9.53 Å². The van der Waals surface area contributed by atoms with E-state index in [1.165, 1.54) is 7.05 Å². The Hall–Kier alpha value is -2.49. The van der Waals surface area contributed by atoms with E-state index in [2.05, 4.69) is 9.97 Å². The van der Waals surface area contributed by atoms with Crippen molar-refractivity contribution in [3.05, 3.63) is 23.3 Å². The fraction of sp³-hybridized carbons (Fsp3) is 0.562. The van der Waals surface area contributed by atoms with Gasteiger partial charge in [-0.15, -0.1) is 0 Å². The van der Waals surface area contributed by atoms with Gasteiger partial charge >= 0.3 is 6.09 Å². The standard InChI is InChI=1S/C16H22N4O3/c1-10-7-11(2)19-14(18-10)12(8-17)13(21)9-20(6)15(22)23-16(3,4)5/h7,12H,9H2,1-6H3/t12-/m0/s1. The number of aryl methyl sites for hydroxylation is 2. The van der Waals surface area contributed by atoms with Crippen LogP contribution in [0.15, 0.2) is 6.07 Å². The Kier molecular flexibility index (Phi) is 5.79. The summed E-state index contributed by atoms with van der Waals surface area (Å²) in [5.74, 6) is -1.41. The average molecular weight is 318 g/mol. The maximum atomic E-state index is 12.3. The summed E-state index contributed by atoms with van der Waals surface area (Å²) in [4.78, 5) is 33.6. The second-order valence-electron chi connectivity index (χ2n) is 6.37. The molecule has 1 amide bonds. The molecule has 7 heteroatoms. The Morgan fingerprint density at radius 3 is 2.26 bits per heavy atom. The summed E-state index contributed by atoms with van der Waals surface area (Å²) >= 11 is 0. The van der Waals surface area contributed by atoms with Crippen molar-refractivity contribution in [1.29, 1.82) is 5.26 Å². The van der Waals surface area contributed by atoms with Crippen molar-refractivity contribution in [3.8, 4) is 6.07 Å². The zero-order chi connectivity index (χ0) is 17.8. The van der Waals surface area contributed by atoms with E-state index in [4.69, 9.17) is 4.74 Å². The van der Waals surface area contributed by atoms with Crippen molar-refractivity contribution in [2.24, 2.45) is 0 Å². The largest absolute Gasteiger partial charge is 0.444 e. The van der Waals surface area contributed by atoms with Gasteiger partial charge in [0.25, 0.3) is 0 Å². The lowest BCUT2D eigenvalue weighted by atomic mass is 10.0. The summed E-state index contributed by atoms with van der Waals surface area (Å²) < 4.78 is 5.18. The molecule has 124 valence electrons. The number of hydrogen-bond donors (Lipinski definition) is 0. The van der Waals surface area contributed by atoms with Gasteiger partial charge in [-0.05, 0) is 40.7 Å². The maximum absolute atomic E-state index is 12.3. The van der Waals surface area contributed by atoms with E-state index in [0.29, 0.717) is 11.4 Å². The molecule has 1 heterocycles. The number of Topliss-reactive ketones (excluding diaryl/α,β-unsaturated/α-hetero) is 1. The lowest BCUT2D eigenvalue weighted by Crippen LogP contribution is -2.38. The number of ketones is 1. The van der Waals surface area contributed by atoms with E-state index in [9.17, 15) is 14.9 Å². The molecule has 1 aromatic rings. The lowest BCUT2D eigenvalue weighted by molar-refractivity contribution is -0.120. The number of nitriles is 1. The van der Waals surface area contributed by atoms with Crippen LogP contribution in [-0.4, -0.2) is 45.9 Å². The van der Waals surface area contributed by atoms with Crippen LogP contribution >= 0.6 is 0 Å². The lowest BCUT2D eigenvalue weighted by Gasteiger charge is -2.24. The first-order valence-corrected chi connectivity index (χ1v) is 7.22. The molecule has 0 unspecified atom stereocenters. The van der Waals surface area contributed by atoms with Gasteiger partial charge in [-0.1, -0.05) is 0 Å². The van der Waals surface area contributed by atoms with Crippen LogP contribution in [0.1, 0.15) is 43.9 Å². The number of amides is 1. The van der Waals surface area contributed by atoms with Crippen molar-refractivity contribution >= 4 is 11.9 Å². The molecule has 0 spiro atoms. The minimum absolute atomic E-state index is 0.160. The van der Waals surface area contributed by atoms with Gasteiger partial charge in [-0.3, -0.25) is 4.79 Å². The molecule has 0 N–H and O–H groups in total. The van der Waals surface area contributed by atoms with E-state index < -0.39 is 23.4 Å². The molecule has 0 bridgehead atoms. The summed E-state index contributed by atoms with van der Waals surface area (Å²) in [6, 6.07) is 3.67. The number of carbonyl (C=O) groups excluding carboxylic acids is 2. The Morgan fingerprint density at radius 2 is 1.83 bits per heavy atom. The number of rotatable bonds is 4. The van der Waals surface area contributed by atoms with E-state index >= 15 is 0 Å². The Labute approximate surface area is 136 Å². The number of ether oxygens (including phenoxy) is 1. The second kappa shape index (κ2) is 7.18. The minimum Gasteiger partial charge on any atom is -0.444 e. The highest BCUT2D eigenvalue weighted by Gasteiger charge is 2.27. The third-order valence-corrected chi connectivity index (χ3v) is 2.81. The highest BCUT2D eigenvalue weighted by atomic mass is 16.6. The molecule has 0 radical (unpaired) electrons. The smallest absolute Gasteiger partial charge is 0.410 e. The number of aromatic nitrogens is 2. The SMILES string of the molecule is Cc1cc(C)nc([C@@H](C#N)C(=O)CN(C)C(=O)OC(C)(C)C)n1. The molecule has 0 saturated carbocycles. The predicted octanol–water partition coefficient (Wildman–Crippen LogP) is 2.14. The van der Waals surface area contributed by atoms with Crippen LogP contribution in [0.25, 0.3) is 0 Å². The fourth-order valence-corrected chi connectivity index (χ4v) is 1.89. The summed E-state index contributed by atoms with van der Waals surface area (Å²) in [5, 5.41) is 9.28. The topological polar surface area (TPSA) is 96.2 Å². The first kappa shape index (κ1) is 18.6. The molecule has 0 aliphatic carbocycles. The Bertz CT molecular complexity index is 623. The van der Waals surface area contributed by atoms with Gasteiger partial charge in [-0.2, -0.15) is 5.26 Å². The molecule has 23 heavy (non-hydrogen) atoms. The van der Waals surface area contributed by atoms with Crippen molar-refractivity contribution in [2.75, 3.05) is 13.6 Å². The number of likely N-dealkylation sites (N-methyl/N-ethyl adjacent to an activating group) is 1. The van der Waals surface area contributed by atoms with Crippen LogP contribution in [0.3, 0.4) is 0 Å². The van der Waals surface area contributed by atoms with Crippen LogP contribution in [0.4, 0.5) is 4.79 Å². The monoisotopic (exact) mass is 318 g/mol. The highest BCUT2D eigenvalue weighted by Crippen LogP contribution is 2.15. The van der Waals surface area contributed by atoms with Crippen LogP contribution < -0.4 is 0 Å². The fourth-order valence-electron chi connectivity index (χ4n) is 1.89.